The number of rotatable bonds is 2. The van der Waals surface area contributed by atoms with Crippen LogP contribution in [0.15, 0.2) is 24.5 Å². The summed E-state index contributed by atoms with van der Waals surface area (Å²) in [6.45, 7) is 2.13. The minimum Gasteiger partial charge on any atom is -0.304 e. The number of fused-ring (bicyclic) bond motifs is 1. The summed E-state index contributed by atoms with van der Waals surface area (Å²) in [7, 11) is 0. The first kappa shape index (κ1) is 10.2. The molecule has 0 bridgehead atoms. The molecule has 0 amide bonds. The van der Waals surface area contributed by atoms with E-state index in [1.807, 2.05) is 6.20 Å². The van der Waals surface area contributed by atoms with Crippen molar-refractivity contribution < 1.29 is 0 Å². The molecule has 16 heavy (non-hydrogen) atoms. The Hall–Kier alpha value is -0.960. The van der Waals surface area contributed by atoms with Crippen molar-refractivity contribution in [2.24, 2.45) is 5.92 Å². The van der Waals surface area contributed by atoms with Crippen LogP contribution in [0, 0.1) is 12.8 Å². The van der Waals surface area contributed by atoms with Gasteiger partial charge < -0.3 is 4.40 Å². The largest absolute Gasteiger partial charge is 0.304 e. The molecule has 1 aliphatic heterocycles. The molecule has 1 atom stereocenters. The molecule has 3 heteroatoms. The van der Waals surface area contributed by atoms with Crippen molar-refractivity contribution in [3.8, 4) is 0 Å². The van der Waals surface area contributed by atoms with Crippen LogP contribution in [0.5, 0.6) is 0 Å². The number of aryl methyl sites for hydroxylation is 1. The van der Waals surface area contributed by atoms with Crippen molar-refractivity contribution in [3.05, 3.63) is 35.9 Å². The van der Waals surface area contributed by atoms with Gasteiger partial charge in [0.05, 0.1) is 11.7 Å². The average Bonchev–Trinajstić information content (AvgIpc) is 2.89. The van der Waals surface area contributed by atoms with Crippen molar-refractivity contribution in [1.29, 1.82) is 0 Å². The van der Waals surface area contributed by atoms with E-state index < -0.39 is 0 Å². The Labute approximate surface area is 100 Å². The number of pyridine rings is 1. The monoisotopic (exact) mass is 232 g/mol. The zero-order valence-electron chi connectivity index (χ0n) is 9.52. The number of imidazole rings is 1. The normalized spacial score (nSPS) is 20.7. The molecule has 0 aromatic carbocycles. The third kappa shape index (κ3) is 1.84. The second-order valence-electron chi connectivity index (χ2n) is 4.61. The lowest BCUT2D eigenvalue weighted by atomic mass is 10.1. The molecular weight excluding hydrogens is 216 g/mol. The Morgan fingerprint density at radius 3 is 3.31 bits per heavy atom. The van der Waals surface area contributed by atoms with Gasteiger partial charge in [-0.3, -0.25) is 0 Å². The zero-order chi connectivity index (χ0) is 11.0. The fourth-order valence-corrected chi connectivity index (χ4v) is 3.60. The highest BCUT2D eigenvalue weighted by atomic mass is 32.2. The number of hydrogen-bond acceptors (Lipinski definition) is 2. The van der Waals surface area contributed by atoms with Crippen LogP contribution < -0.4 is 0 Å². The molecule has 1 fully saturated rings. The smallest absolute Gasteiger partial charge is 0.113 e. The number of hydrogen-bond donors (Lipinski definition) is 0. The quantitative estimate of drug-likeness (QED) is 0.792. The first-order valence-corrected chi connectivity index (χ1v) is 6.99. The van der Waals surface area contributed by atoms with Gasteiger partial charge in [0, 0.05) is 12.6 Å². The highest BCUT2D eigenvalue weighted by molar-refractivity contribution is 7.99. The van der Waals surface area contributed by atoms with Crippen molar-refractivity contribution in [1.82, 2.24) is 9.38 Å². The van der Waals surface area contributed by atoms with E-state index in [0.29, 0.717) is 0 Å². The summed E-state index contributed by atoms with van der Waals surface area (Å²) in [6, 6.07) is 4.35. The molecular formula is C13H16N2S. The summed E-state index contributed by atoms with van der Waals surface area (Å²) in [4.78, 5) is 4.55. The van der Waals surface area contributed by atoms with Gasteiger partial charge in [0.25, 0.3) is 0 Å². The molecule has 0 saturated carbocycles. The van der Waals surface area contributed by atoms with Gasteiger partial charge >= 0.3 is 0 Å². The molecule has 0 N–H and O–H groups in total. The van der Waals surface area contributed by atoms with Crippen molar-refractivity contribution >= 4 is 17.3 Å². The molecule has 2 nitrogen and oxygen atoms in total. The molecule has 2 aromatic heterocycles. The lowest BCUT2D eigenvalue weighted by Gasteiger charge is -2.07. The summed E-state index contributed by atoms with van der Waals surface area (Å²) in [5.74, 6) is 4.69. The molecule has 0 radical (unpaired) electrons. The summed E-state index contributed by atoms with van der Waals surface area (Å²) in [6.07, 6.45) is 6.62. The van der Waals surface area contributed by atoms with Gasteiger partial charge in [0.2, 0.25) is 0 Å². The summed E-state index contributed by atoms with van der Waals surface area (Å²) in [5, 5.41) is 0. The average molecular weight is 232 g/mol. The summed E-state index contributed by atoms with van der Waals surface area (Å²) in [5.41, 5.74) is 2.52. The molecule has 0 spiro atoms. The van der Waals surface area contributed by atoms with E-state index in [4.69, 9.17) is 0 Å². The number of aromatic nitrogens is 2. The molecule has 1 aliphatic rings. The maximum Gasteiger partial charge on any atom is 0.113 e. The van der Waals surface area contributed by atoms with Gasteiger partial charge in [-0.1, -0.05) is 0 Å². The topological polar surface area (TPSA) is 17.3 Å². The van der Waals surface area contributed by atoms with Gasteiger partial charge in [-0.05, 0) is 48.5 Å². The first-order chi connectivity index (χ1) is 7.83. The van der Waals surface area contributed by atoms with Gasteiger partial charge in [-0.25, -0.2) is 4.98 Å². The predicted molar refractivity (Wildman–Crippen MR) is 69.1 cm³/mol. The third-order valence-electron chi connectivity index (χ3n) is 3.26. The highest BCUT2D eigenvalue weighted by Gasteiger charge is 2.18. The Bertz CT molecular complexity index is 498. The maximum absolute atomic E-state index is 4.55. The van der Waals surface area contributed by atoms with Crippen LogP contribution in [-0.2, 0) is 6.42 Å². The van der Waals surface area contributed by atoms with Crippen LogP contribution in [0.2, 0.25) is 0 Å². The summed E-state index contributed by atoms with van der Waals surface area (Å²) < 4.78 is 2.23. The van der Waals surface area contributed by atoms with E-state index in [1.165, 1.54) is 34.8 Å². The van der Waals surface area contributed by atoms with Gasteiger partial charge in [0.15, 0.2) is 0 Å². The zero-order valence-corrected chi connectivity index (χ0v) is 10.3. The Morgan fingerprint density at radius 1 is 1.56 bits per heavy atom. The number of thioether (sulfide) groups is 1. The van der Waals surface area contributed by atoms with E-state index in [9.17, 15) is 0 Å². The van der Waals surface area contributed by atoms with Gasteiger partial charge in [0.1, 0.15) is 5.82 Å². The Morgan fingerprint density at radius 2 is 2.50 bits per heavy atom. The van der Waals surface area contributed by atoms with Crippen LogP contribution in [0.25, 0.3) is 5.52 Å². The van der Waals surface area contributed by atoms with E-state index >= 15 is 0 Å². The van der Waals surface area contributed by atoms with Crippen LogP contribution in [0.3, 0.4) is 0 Å². The number of nitrogens with zero attached hydrogens (tertiary/aromatic N) is 2. The minimum absolute atomic E-state index is 0.830. The lowest BCUT2D eigenvalue weighted by Crippen LogP contribution is -2.06. The molecule has 3 heterocycles. The molecule has 84 valence electrons. The Kier molecular flexibility index (Phi) is 2.64. The standard InChI is InChI=1S/C13H16N2S/c1-10-2-4-15-12(6-10)8-14-13(15)7-11-3-5-16-9-11/h2,4,6,8,11H,3,5,7,9H2,1H3. The fraction of sp³-hybridized carbons (Fsp3) is 0.462. The van der Waals surface area contributed by atoms with Crippen LogP contribution >= 0.6 is 11.8 Å². The Balaban J connectivity index is 1.91. The van der Waals surface area contributed by atoms with Crippen molar-refractivity contribution in [2.45, 2.75) is 19.8 Å². The predicted octanol–water partition coefficient (Wildman–Crippen LogP) is 2.94. The van der Waals surface area contributed by atoms with E-state index in [2.05, 4.69) is 46.4 Å². The molecule has 1 saturated heterocycles. The van der Waals surface area contributed by atoms with Crippen LogP contribution in [0.1, 0.15) is 17.8 Å². The van der Waals surface area contributed by atoms with Gasteiger partial charge in [-0.15, -0.1) is 0 Å². The lowest BCUT2D eigenvalue weighted by molar-refractivity contribution is 0.574. The molecule has 0 aliphatic carbocycles. The molecule has 3 rings (SSSR count). The third-order valence-corrected chi connectivity index (χ3v) is 4.49. The van der Waals surface area contributed by atoms with Crippen LogP contribution in [0.4, 0.5) is 0 Å². The van der Waals surface area contributed by atoms with E-state index in [0.717, 1.165) is 12.3 Å². The molecule has 1 unspecified atom stereocenters. The van der Waals surface area contributed by atoms with Crippen molar-refractivity contribution in [3.63, 3.8) is 0 Å². The second-order valence-corrected chi connectivity index (χ2v) is 5.76. The van der Waals surface area contributed by atoms with Crippen molar-refractivity contribution in [2.75, 3.05) is 11.5 Å². The van der Waals surface area contributed by atoms with Gasteiger partial charge in [-0.2, -0.15) is 11.8 Å². The van der Waals surface area contributed by atoms with E-state index in [-0.39, 0.29) is 0 Å². The highest BCUT2D eigenvalue weighted by Crippen LogP contribution is 2.26. The maximum atomic E-state index is 4.55. The SMILES string of the molecule is Cc1ccn2c(CC3CCSC3)ncc2c1. The van der Waals surface area contributed by atoms with E-state index in [1.54, 1.807) is 0 Å². The fourth-order valence-electron chi connectivity index (χ4n) is 2.32. The molecule has 2 aromatic rings. The first-order valence-electron chi connectivity index (χ1n) is 5.83. The van der Waals surface area contributed by atoms with Crippen LogP contribution in [-0.4, -0.2) is 20.9 Å². The minimum atomic E-state index is 0.830. The summed E-state index contributed by atoms with van der Waals surface area (Å²) >= 11 is 2.07. The second kappa shape index (κ2) is 4.13.